The van der Waals surface area contributed by atoms with Crippen LogP contribution >= 0.6 is 0 Å². The zero-order valence-corrected chi connectivity index (χ0v) is 21.8. The van der Waals surface area contributed by atoms with Gasteiger partial charge in [0.25, 0.3) is 0 Å². The lowest BCUT2D eigenvalue weighted by Crippen LogP contribution is -2.49. The zero-order valence-electron chi connectivity index (χ0n) is 21.8. The zero-order chi connectivity index (χ0) is 25.5. The standard InChI is InChI=1S/C27H43N3O4/c1-17(2)21-14-13-18(3)15-22(21)25(32)28-16-23(20-11-9-8-10-12-20)30-24(31)19(4)29-26(33)34-27(5,6)7/h8-12,17-19,21-23H,13-16H2,1-7H3,(H,28,32)(H,29,33)(H,30,31)/t18-,19-,21+,22?,23?/m1/s1. The van der Waals surface area contributed by atoms with Crippen molar-refractivity contribution in [3.63, 3.8) is 0 Å². The largest absolute Gasteiger partial charge is 0.444 e. The first-order chi connectivity index (χ1) is 15.9. The summed E-state index contributed by atoms with van der Waals surface area (Å²) in [4.78, 5) is 38.1. The van der Waals surface area contributed by atoms with Crippen molar-refractivity contribution in [3.8, 4) is 0 Å². The monoisotopic (exact) mass is 473 g/mol. The quantitative estimate of drug-likeness (QED) is 0.515. The normalized spacial score (nSPS) is 22.4. The van der Waals surface area contributed by atoms with Crippen LogP contribution in [0.15, 0.2) is 30.3 Å². The molecule has 7 heteroatoms. The van der Waals surface area contributed by atoms with Gasteiger partial charge in [-0.3, -0.25) is 9.59 Å². The van der Waals surface area contributed by atoms with Crippen molar-refractivity contribution < 1.29 is 19.1 Å². The fraction of sp³-hybridized carbons (Fsp3) is 0.667. The molecular formula is C27H43N3O4. The van der Waals surface area contributed by atoms with E-state index in [1.165, 1.54) is 0 Å². The predicted octanol–water partition coefficient (Wildman–Crippen LogP) is 4.58. The summed E-state index contributed by atoms with van der Waals surface area (Å²) in [6, 6.07) is 8.34. The minimum atomic E-state index is -0.790. The summed E-state index contributed by atoms with van der Waals surface area (Å²) in [5, 5.41) is 8.66. The Hall–Kier alpha value is -2.57. The first-order valence-electron chi connectivity index (χ1n) is 12.5. The van der Waals surface area contributed by atoms with E-state index in [0.29, 0.717) is 17.8 Å². The van der Waals surface area contributed by atoms with E-state index in [1.807, 2.05) is 30.3 Å². The highest BCUT2D eigenvalue weighted by molar-refractivity contribution is 5.85. The summed E-state index contributed by atoms with van der Waals surface area (Å²) in [6.07, 6.45) is 2.49. The Morgan fingerprint density at radius 3 is 2.26 bits per heavy atom. The van der Waals surface area contributed by atoms with Crippen molar-refractivity contribution in [3.05, 3.63) is 35.9 Å². The highest BCUT2D eigenvalue weighted by Gasteiger charge is 2.35. The number of benzene rings is 1. The average Bonchev–Trinajstić information content (AvgIpc) is 2.75. The molecule has 0 saturated heterocycles. The van der Waals surface area contributed by atoms with Gasteiger partial charge in [0.1, 0.15) is 11.6 Å². The molecule has 2 rings (SSSR count). The van der Waals surface area contributed by atoms with Gasteiger partial charge in [0.2, 0.25) is 11.8 Å². The second-order valence-corrected chi connectivity index (χ2v) is 11.0. The van der Waals surface area contributed by atoms with Crippen LogP contribution in [0.2, 0.25) is 0 Å². The Bertz CT molecular complexity index is 819. The SMILES string of the molecule is CC(C)[C@@H]1CC[C@@H](C)CC1C(=O)NCC(NC(=O)[C@@H](C)NC(=O)OC(C)(C)C)c1ccccc1. The van der Waals surface area contributed by atoms with Crippen LogP contribution in [0.5, 0.6) is 0 Å². The number of carbonyl (C=O) groups is 3. The van der Waals surface area contributed by atoms with Crippen molar-refractivity contribution in [2.45, 2.75) is 85.4 Å². The van der Waals surface area contributed by atoms with E-state index < -0.39 is 23.8 Å². The summed E-state index contributed by atoms with van der Waals surface area (Å²) in [5.74, 6) is 1.06. The summed E-state index contributed by atoms with van der Waals surface area (Å²) >= 11 is 0. The molecule has 0 heterocycles. The van der Waals surface area contributed by atoms with Crippen molar-refractivity contribution in [2.24, 2.45) is 23.7 Å². The van der Waals surface area contributed by atoms with E-state index in [4.69, 9.17) is 4.74 Å². The number of hydrogen-bond acceptors (Lipinski definition) is 4. The predicted molar refractivity (Wildman–Crippen MR) is 134 cm³/mol. The molecule has 7 nitrogen and oxygen atoms in total. The van der Waals surface area contributed by atoms with Crippen molar-refractivity contribution in [1.82, 2.24) is 16.0 Å². The van der Waals surface area contributed by atoms with E-state index in [2.05, 4.69) is 36.7 Å². The molecule has 1 saturated carbocycles. The molecule has 1 aromatic carbocycles. The molecule has 1 aromatic rings. The van der Waals surface area contributed by atoms with Gasteiger partial charge >= 0.3 is 6.09 Å². The molecule has 1 aliphatic rings. The first kappa shape index (κ1) is 27.7. The number of alkyl carbamates (subject to hydrolysis) is 1. The maximum absolute atomic E-state index is 13.2. The Morgan fingerprint density at radius 2 is 1.68 bits per heavy atom. The highest BCUT2D eigenvalue weighted by atomic mass is 16.6. The van der Waals surface area contributed by atoms with Crippen LogP contribution in [-0.4, -0.2) is 36.1 Å². The number of amides is 3. The van der Waals surface area contributed by atoms with Gasteiger partial charge in [-0.15, -0.1) is 0 Å². The van der Waals surface area contributed by atoms with Crippen LogP contribution in [0.1, 0.15) is 79.3 Å². The van der Waals surface area contributed by atoms with Gasteiger partial charge in [-0.25, -0.2) is 4.79 Å². The maximum Gasteiger partial charge on any atom is 0.408 e. The van der Waals surface area contributed by atoms with Gasteiger partial charge in [0.15, 0.2) is 0 Å². The van der Waals surface area contributed by atoms with Crippen LogP contribution in [-0.2, 0) is 14.3 Å². The lowest BCUT2D eigenvalue weighted by molar-refractivity contribution is -0.130. The lowest BCUT2D eigenvalue weighted by Gasteiger charge is -2.36. The molecule has 1 fully saturated rings. The Balaban J connectivity index is 2.05. The second kappa shape index (κ2) is 12.2. The minimum absolute atomic E-state index is 0.0105. The number of ether oxygens (including phenoxy) is 1. The third-order valence-corrected chi connectivity index (χ3v) is 6.48. The van der Waals surface area contributed by atoms with E-state index in [-0.39, 0.29) is 24.3 Å². The van der Waals surface area contributed by atoms with Crippen molar-refractivity contribution >= 4 is 17.9 Å². The van der Waals surface area contributed by atoms with Crippen LogP contribution in [0.4, 0.5) is 4.79 Å². The molecular weight excluding hydrogens is 430 g/mol. The molecule has 0 spiro atoms. The molecule has 0 aliphatic heterocycles. The van der Waals surface area contributed by atoms with Crippen molar-refractivity contribution in [2.75, 3.05) is 6.54 Å². The molecule has 2 unspecified atom stereocenters. The molecule has 3 N–H and O–H groups in total. The number of nitrogens with one attached hydrogen (secondary N) is 3. The van der Waals surface area contributed by atoms with Crippen LogP contribution < -0.4 is 16.0 Å². The molecule has 0 radical (unpaired) electrons. The summed E-state index contributed by atoms with van der Waals surface area (Å²) in [6.45, 7) is 13.8. The van der Waals surface area contributed by atoms with E-state index in [1.54, 1.807) is 27.7 Å². The molecule has 0 aromatic heterocycles. The van der Waals surface area contributed by atoms with Crippen LogP contribution in [0.25, 0.3) is 0 Å². The summed E-state index contributed by atoms with van der Waals surface area (Å²) < 4.78 is 5.25. The molecule has 0 bridgehead atoms. The number of carbonyl (C=O) groups excluding carboxylic acids is 3. The second-order valence-electron chi connectivity index (χ2n) is 11.0. The average molecular weight is 474 g/mol. The molecule has 3 amide bonds. The Kier molecular flexibility index (Phi) is 9.95. The van der Waals surface area contributed by atoms with E-state index in [0.717, 1.165) is 24.8 Å². The van der Waals surface area contributed by atoms with E-state index in [9.17, 15) is 14.4 Å². The minimum Gasteiger partial charge on any atom is -0.444 e. The first-order valence-corrected chi connectivity index (χ1v) is 12.5. The fourth-order valence-electron chi connectivity index (χ4n) is 4.62. The Labute approximate surface area is 204 Å². The van der Waals surface area contributed by atoms with Crippen LogP contribution in [0.3, 0.4) is 0 Å². The van der Waals surface area contributed by atoms with Gasteiger partial charge < -0.3 is 20.7 Å². The fourth-order valence-corrected chi connectivity index (χ4v) is 4.62. The number of hydrogen-bond donors (Lipinski definition) is 3. The van der Waals surface area contributed by atoms with Crippen LogP contribution in [0, 0.1) is 23.7 Å². The lowest BCUT2D eigenvalue weighted by atomic mass is 9.70. The van der Waals surface area contributed by atoms with Crippen molar-refractivity contribution in [1.29, 1.82) is 0 Å². The van der Waals surface area contributed by atoms with Gasteiger partial charge in [0.05, 0.1) is 6.04 Å². The molecule has 34 heavy (non-hydrogen) atoms. The summed E-state index contributed by atoms with van der Waals surface area (Å²) in [5.41, 5.74) is 0.236. The topological polar surface area (TPSA) is 96.5 Å². The number of rotatable bonds is 8. The van der Waals surface area contributed by atoms with Gasteiger partial charge in [-0.05, 0) is 63.9 Å². The third-order valence-electron chi connectivity index (χ3n) is 6.48. The molecule has 5 atom stereocenters. The molecule has 190 valence electrons. The van der Waals surface area contributed by atoms with Gasteiger partial charge in [0, 0.05) is 12.5 Å². The van der Waals surface area contributed by atoms with Gasteiger partial charge in [-0.2, -0.15) is 0 Å². The molecule has 1 aliphatic carbocycles. The third kappa shape index (κ3) is 8.65. The summed E-state index contributed by atoms with van der Waals surface area (Å²) in [7, 11) is 0. The Morgan fingerprint density at radius 1 is 1.03 bits per heavy atom. The van der Waals surface area contributed by atoms with Gasteiger partial charge in [-0.1, -0.05) is 57.5 Å². The highest BCUT2D eigenvalue weighted by Crippen LogP contribution is 2.38. The maximum atomic E-state index is 13.2. The van der Waals surface area contributed by atoms with E-state index >= 15 is 0 Å². The smallest absolute Gasteiger partial charge is 0.408 e.